The van der Waals surface area contributed by atoms with Crippen LogP contribution >= 0.6 is 7.82 Å². The number of allylic oxidation sites excluding steroid dienone is 1. The molecule has 2 aliphatic rings. The molecule has 0 radical (unpaired) electrons. The van der Waals surface area contributed by atoms with E-state index in [-0.39, 0.29) is 6.61 Å². The molecule has 2 rings (SSSR count). The molecule has 11 atom stereocenters. The summed E-state index contributed by atoms with van der Waals surface area (Å²) in [6.07, 6.45) is -9.05. The Kier molecular flexibility index (Phi) is 14.0. The zero-order valence-corrected chi connectivity index (χ0v) is 21.5. The van der Waals surface area contributed by atoms with Gasteiger partial charge in [-0.25, -0.2) is 0 Å². The molecule has 2 saturated heterocycles. The average molecular weight is 560 g/mol. The highest BCUT2D eigenvalue weighted by molar-refractivity contribution is 7.45. The van der Waals surface area contributed by atoms with Crippen molar-refractivity contribution in [3.63, 3.8) is 0 Å². The zero-order chi connectivity index (χ0) is 27.6. The van der Waals surface area contributed by atoms with Gasteiger partial charge < -0.3 is 59.4 Å². The fraction of sp³-hybridized carbons (Fsp3) is 0.909. The van der Waals surface area contributed by atoms with Crippen LogP contribution in [0.5, 0.6) is 0 Å². The summed E-state index contributed by atoms with van der Waals surface area (Å²) in [4.78, 5) is 12.2. The van der Waals surface area contributed by atoms with E-state index in [9.17, 15) is 45.2 Å². The Morgan fingerprint density at radius 3 is 1.97 bits per heavy atom. The van der Waals surface area contributed by atoms with Crippen LogP contribution in [0.25, 0.3) is 0 Å². The first-order valence-corrected chi connectivity index (χ1v) is 13.9. The number of phosphoric acid groups is 1. The minimum atomic E-state index is -4.96. The van der Waals surface area contributed by atoms with Crippen LogP contribution in [0, 0.1) is 0 Å². The lowest BCUT2D eigenvalue weighted by Gasteiger charge is -2.46. The van der Waals surface area contributed by atoms with E-state index in [1.165, 1.54) is 0 Å². The Labute approximate surface area is 215 Å². The van der Waals surface area contributed by atoms with Crippen LogP contribution in [-0.2, 0) is 27.8 Å². The Bertz CT molecular complexity index is 709. The van der Waals surface area contributed by atoms with Crippen molar-refractivity contribution in [2.45, 2.75) is 106 Å². The van der Waals surface area contributed by atoms with Gasteiger partial charge in [0, 0.05) is 0 Å². The monoisotopic (exact) mass is 559 g/mol. The predicted octanol–water partition coefficient (Wildman–Crippen LogP) is -1.97. The highest BCUT2D eigenvalue weighted by atomic mass is 31.2. The molecule has 14 nitrogen and oxygen atoms in total. The van der Waals surface area contributed by atoms with Gasteiger partial charge >= 0.3 is 0 Å². The summed E-state index contributed by atoms with van der Waals surface area (Å²) >= 11 is 0. The summed E-state index contributed by atoms with van der Waals surface area (Å²) in [5.41, 5.74) is 0. The lowest BCUT2D eigenvalue weighted by atomic mass is 9.97. The van der Waals surface area contributed by atoms with Crippen molar-refractivity contribution in [1.82, 2.24) is 0 Å². The van der Waals surface area contributed by atoms with Crippen molar-refractivity contribution < 1.29 is 68.5 Å². The first kappa shape index (κ1) is 32.7. The van der Waals surface area contributed by atoms with E-state index < -0.39 is 82.4 Å². The highest BCUT2D eigenvalue weighted by Crippen LogP contribution is 2.43. The third-order valence-electron chi connectivity index (χ3n) is 6.25. The quantitative estimate of drug-likeness (QED) is 0.0618. The van der Waals surface area contributed by atoms with Crippen molar-refractivity contribution in [3.05, 3.63) is 12.7 Å². The van der Waals surface area contributed by atoms with Gasteiger partial charge in [-0.1, -0.05) is 31.8 Å². The van der Waals surface area contributed by atoms with Crippen molar-refractivity contribution in [2.24, 2.45) is 0 Å². The zero-order valence-electron chi connectivity index (χ0n) is 20.6. The van der Waals surface area contributed by atoms with E-state index in [1.807, 2.05) is 6.08 Å². The first-order chi connectivity index (χ1) is 17.6. The highest BCUT2D eigenvalue weighted by Gasteiger charge is 2.51. The molecule has 37 heavy (non-hydrogen) atoms. The predicted molar refractivity (Wildman–Crippen MR) is 124 cm³/mol. The van der Waals surface area contributed by atoms with Gasteiger partial charge in [0.1, 0.15) is 48.8 Å². The fourth-order valence-electron chi connectivity index (χ4n) is 4.07. The average Bonchev–Trinajstić information content (AvgIpc) is 2.87. The lowest BCUT2D eigenvalue weighted by molar-refractivity contribution is -0.357. The van der Waals surface area contributed by atoms with Gasteiger partial charge in [0.05, 0.1) is 19.8 Å². The molecule has 0 aromatic heterocycles. The smallest absolute Gasteiger partial charge is 0.270 e. The fourth-order valence-corrected chi connectivity index (χ4v) is 4.92. The molecule has 0 spiro atoms. The maximum atomic E-state index is 12.2. The van der Waals surface area contributed by atoms with Gasteiger partial charge in [0.2, 0.25) is 0 Å². The first-order valence-electron chi connectivity index (χ1n) is 12.4. The van der Waals surface area contributed by atoms with E-state index in [2.05, 4.69) is 6.58 Å². The van der Waals surface area contributed by atoms with Gasteiger partial charge in [-0.2, -0.15) is 0 Å². The largest absolute Gasteiger partial charge is 0.756 e. The van der Waals surface area contributed by atoms with Gasteiger partial charge in [-0.3, -0.25) is 9.09 Å². The minimum absolute atomic E-state index is 0.148. The number of phosphoric ester groups is 1. The second-order valence-electron chi connectivity index (χ2n) is 9.09. The van der Waals surface area contributed by atoms with Crippen LogP contribution in [0.15, 0.2) is 12.7 Å². The van der Waals surface area contributed by atoms with Crippen LogP contribution < -0.4 is 4.89 Å². The van der Waals surface area contributed by atoms with Crippen molar-refractivity contribution in [3.8, 4) is 0 Å². The normalized spacial score (nSPS) is 38.3. The number of hydrogen-bond acceptors (Lipinski definition) is 14. The van der Waals surface area contributed by atoms with Crippen LogP contribution in [0.2, 0.25) is 0 Å². The molecule has 0 bridgehead atoms. The Balaban J connectivity index is 1.87. The molecule has 218 valence electrons. The number of unbranched alkanes of at least 4 members (excludes halogenated alkanes) is 6. The third kappa shape index (κ3) is 9.55. The number of aliphatic hydroxyl groups excluding tert-OH is 7. The summed E-state index contributed by atoms with van der Waals surface area (Å²) in [5.74, 6) is 0. The molecule has 0 aromatic rings. The Hall–Kier alpha value is -0.550. The van der Waals surface area contributed by atoms with E-state index >= 15 is 0 Å². The number of aliphatic hydroxyl groups is 7. The minimum Gasteiger partial charge on any atom is -0.756 e. The molecule has 0 aliphatic carbocycles. The van der Waals surface area contributed by atoms with Gasteiger partial charge in [-0.15, -0.1) is 6.58 Å². The standard InChI is InChI=1S/C22H41O14P/c1-2-3-4-5-6-7-8-9-10-32-37(30,31)36-22-19(29)17(27)20(14(12-24)34-22)35-21-18(28)16(26)15(25)13(11-23)33-21/h2,13-29H,1,3-12H2,(H,30,31)/p-1/t13-,14-,15-,16+,17-,18-,19+,20-,21+,22-/m1/s1. The number of rotatable bonds is 16. The summed E-state index contributed by atoms with van der Waals surface area (Å²) in [5, 5.41) is 69.8. The number of hydrogen-bond donors (Lipinski definition) is 7. The maximum absolute atomic E-state index is 12.2. The second kappa shape index (κ2) is 15.9. The molecule has 1 unspecified atom stereocenters. The molecular formula is C22H40O14P-. The number of ether oxygens (including phenoxy) is 3. The molecule has 15 heteroatoms. The molecule has 0 amide bonds. The SMILES string of the molecule is C=CCCCCCCCCOP(=O)([O-])O[C@H]1O[C@H](CO)[C@@H](O[C@@H]2O[C@H](CO)[C@@H](O)[C@H](O)[C@H]2O)[C@H](O)[C@@H]1O. The Morgan fingerprint density at radius 1 is 0.784 bits per heavy atom. The van der Waals surface area contributed by atoms with Crippen molar-refractivity contribution in [2.75, 3.05) is 19.8 Å². The van der Waals surface area contributed by atoms with E-state index in [4.69, 9.17) is 23.3 Å². The van der Waals surface area contributed by atoms with E-state index in [0.29, 0.717) is 6.42 Å². The van der Waals surface area contributed by atoms with Crippen LogP contribution in [-0.4, -0.2) is 117 Å². The summed E-state index contributed by atoms with van der Waals surface area (Å²) in [7, 11) is -4.96. The molecular weight excluding hydrogens is 519 g/mol. The van der Waals surface area contributed by atoms with Crippen LogP contribution in [0.3, 0.4) is 0 Å². The van der Waals surface area contributed by atoms with Gasteiger partial charge in [-0.05, 0) is 19.3 Å². The topological polar surface area (TPSA) is 228 Å². The summed E-state index contributed by atoms with van der Waals surface area (Å²) in [6.45, 7) is 1.95. The summed E-state index contributed by atoms with van der Waals surface area (Å²) in [6, 6.07) is 0. The Morgan fingerprint density at radius 2 is 1.35 bits per heavy atom. The second-order valence-corrected chi connectivity index (χ2v) is 10.5. The van der Waals surface area contributed by atoms with Crippen LogP contribution in [0.4, 0.5) is 0 Å². The lowest BCUT2D eigenvalue weighted by Crippen LogP contribution is -2.64. The maximum Gasteiger partial charge on any atom is 0.270 e. The summed E-state index contributed by atoms with van der Waals surface area (Å²) < 4.78 is 37.7. The molecule has 7 N–H and O–H groups in total. The van der Waals surface area contributed by atoms with Gasteiger partial charge in [0.15, 0.2) is 12.6 Å². The van der Waals surface area contributed by atoms with Crippen molar-refractivity contribution >= 4 is 7.82 Å². The molecule has 0 aromatic carbocycles. The molecule has 2 fully saturated rings. The molecule has 0 saturated carbocycles. The van der Waals surface area contributed by atoms with Gasteiger partial charge in [0.25, 0.3) is 7.82 Å². The third-order valence-corrected chi connectivity index (χ3v) is 7.21. The van der Waals surface area contributed by atoms with E-state index in [0.717, 1.165) is 38.5 Å². The van der Waals surface area contributed by atoms with Crippen molar-refractivity contribution in [1.29, 1.82) is 0 Å². The molecule has 2 aliphatic heterocycles. The molecule has 2 heterocycles. The van der Waals surface area contributed by atoms with Crippen LogP contribution in [0.1, 0.15) is 44.9 Å². The van der Waals surface area contributed by atoms with E-state index in [1.54, 1.807) is 0 Å².